The summed E-state index contributed by atoms with van der Waals surface area (Å²) in [4.78, 5) is 0. The van der Waals surface area contributed by atoms with E-state index >= 15 is 0 Å². The molecule has 0 fully saturated rings. The van der Waals surface area contributed by atoms with Gasteiger partial charge in [0, 0.05) is 17.1 Å². The van der Waals surface area contributed by atoms with Crippen molar-refractivity contribution in [3.8, 4) is 0 Å². The van der Waals surface area contributed by atoms with E-state index in [0.717, 1.165) is 0 Å². The Balaban J connectivity index is -0.0000000206. The van der Waals surface area contributed by atoms with Crippen LogP contribution in [0.5, 0.6) is 0 Å². The Bertz CT molecular complexity index is 352. The van der Waals surface area contributed by atoms with Crippen LogP contribution in [0, 0.1) is 0 Å². The van der Waals surface area contributed by atoms with Gasteiger partial charge in [-0.3, -0.25) is 27.3 Å². The molecule has 0 aliphatic rings. The maximum Gasteiger partial charge on any atom is 2.00 e. The summed E-state index contributed by atoms with van der Waals surface area (Å²) in [6.45, 7) is 0. The molecule has 0 unspecified atom stereocenters. The third-order valence-electron chi connectivity index (χ3n) is 0. The molecule has 17 heteroatoms. The molecule has 0 aliphatic heterocycles. The molecule has 0 bridgehead atoms. The molecule has 12 nitrogen and oxygen atoms in total. The van der Waals surface area contributed by atoms with Crippen molar-refractivity contribution in [1.29, 1.82) is 0 Å². The molecule has 0 heterocycles. The molecule has 0 aliphatic carbocycles. The molecule has 1 radical (unpaired) electrons. The Morgan fingerprint density at radius 2 is 0.529 bits per heavy atom. The second-order valence-electron chi connectivity index (χ2n) is 1.34. The van der Waals surface area contributed by atoms with Crippen LogP contribution in [-0.2, 0) is 48.3 Å². The summed E-state index contributed by atoms with van der Waals surface area (Å²) in [7, 11) is -14.0. The van der Waals surface area contributed by atoms with E-state index in [1.54, 1.807) is 0 Å². The van der Waals surface area contributed by atoms with Gasteiger partial charge < -0.3 is 2.85 Å². The van der Waals surface area contributed by atoms with Crippen LogP contribution in [0.25, 0.3) is 0 Å². The van der Waals surface area contributed by atoms with E-state index in [1.165, 1.54) is 0 Å². The van der Waals surface area contributed by atoms with Gasteiger partial charge in [-0.1, -0.05) is 0 Å². The van der Waals surface area contributed by atoms with Crippen molar-refractivity contribution in [1.82, 2.24) is 0 Å². The Labute approximate surface area is 126 Å². The van der Waals surface area contributed by atoms with Gasteiger partial charge in [0.1, 0.15) is 0 Å². The van der Waals surface area contributed by atoms with E-state index in [9.17, 15) is 0 Å². The van der Waals surface area contributed by atoms with Crippen molar-refractivity contribution in [2.24, 2.45) is 0 Å². The van der Waals surface area contributed by atoms with E-state index in [0.29, 0.717) is 0 Å². The normalized spacial score (nSPS) is 10.2. The van der Waals surface area contributed by atoms with Crippen molar-refractivity contribution in [2.45, 2.75) is 0 Å². The van der Waals surface area contributed by atoms with Crippen molar-refractivity contribution < 1.29 is 72.5 Å². The third-order valence-corrected chi connectivity index (χ3v) is 0. The first-order valence-corrected chi connectivity index (χ1v) is 6.29. The second kappa shape index (κ2) is 12.0. The zero-order valence-electron chi connectivity index (χ0n) is 9.37. The van der Waals surface area contributed by atoms with Gasteiger partial charge in [0.05, 0.1) is 0 Å². The molecule has 0 rings (SSSR count). The van der Waals surface area contributed by atoms with Crippen LogP contribution in [0.2, 0.25) is 0 Å². The minimum atomic E-state index is -4.67. The van der Waals surface area contributed by atoms with E-state index in [1.807, 2.05) is 0 Å². The molecule has 17 heavy (non-hydrogen) atoms. The summed E-state index contributed by atoms with van der Waals surface area (Å²) >= 11 is 0. The van der Waals surface area contributed by atoms with E-state index in [-0.39, 0.29) is 43.0 Å². The van der Waals surface area contributed by atoms with Crippen molar-refractivity contribution >= 4 is 54.2 Å². The van der Waals surface area contributed by atoms with Gasteiger partial charge in [0.25, 0.3) is 0 Å². The van der Waals surface area contributed by atoms with Crippen LogP contribution in [0.15, 0.2) is 0 Å². The van der Waals surface area contributed by atoms with Crippen LogP contribution < -0.4 is 0 Å². The van der Waals surface area contributed by atoms with Gasteiger partial charge in [0.15, 0.2) is 0 Å². The fourth-order valence-corrected chi connectivity index (χ4v) is 0. The van der Waals surface area contributed by atoms with Crippen molar-refractivity contribution in [2.75, 3.05) is 0 Å². The van der Waals surface area contributed by atoms with Gasteiger partial charge in [-0.2, -0.15) is 25.3 Å². The minimum Gasteiger partial charge on any atom is -1.00 e. The molecule has 0 aromatic rings. The van der Waals surface area contributed by atoms with Gasteiger partial charge in [-0.05, 0) is 0 Å². The van der Waals surface area contributed by atoms with Crippen LogP contribution in [0.1, 0.15) is 2.85 Å². The molecule has 0 atom stereocenters. The summed E-state index contributed by atoms with van der Waals surface area (Å²) in [6, 6.07) is 0. The third kappa shape index (κ3) is 4670. The fourth-order valence-electron chi connectivity index (χ4n) is 0. The summed E-state index contributed by atoms with van der Waals surface area (Å²) in [5, 5.41) is 0. The second-order valence-corrected chi connectivity index (χ2v) is 4.03. The van der Waals surface area contributed by atoms with E-state index in [2.05, 4.69) is 0 Å². The summed E-state index contributed by atoms with van der Waals surface area (Å²) < 4.78 is 94.8. The first-order chi connectivity index (χ1) is 6.00. The maximum atomic E-state index is 8.74. The number of hydrogen-bond acceptors (Lipinski definition) is 6. The summed E-state index contributed by atoms with van der Waals surface area (Å²) in [5.74, 6) is 0. The first-order valence-electron chi connectivity index (χ1n) is 2.10. The molecule has 0 spiro atoms. The topological polar surface area (TPSA) is 224 Å². The molecule has 0 aromatic heterocycles. The average Bonchev–Trinajstić information content (AvgIpc) is 1.41. The van der Waals surface area contributed by atoms with Crippen LogP contribution >= 0.6 is 0 Å². The smallest absolute Gasteiger partial charge is 1.00 e. The standard InChI is InChI=1S/Cu.Mg.3H2O4S.2H/c;;3*1-5(2,3)4;;/h;;3*(H2,1,2,3,4);;/q;+2;;;;2*-1. The van der Waals surface area contributed by atoms with Crippen molar-refractivity contribution in [3.05, 3.63) is 0 Å². The van der Waals surface area contributed by atoms with Crippen LogP contribution in [0.4, 0.5) is 0 Å². The monoisotopic (exact) mass is 383 g/mol. The Morgan fingerprint density at radius 1 is 0.529 bits per heavy atom. The molecule has 0 amide bonds. The van der Waals surface area contributed by atoms with Crippen LogP contribution in [-0.4, -0.2) is 75.6 Å². The van der Waals surface area contributed by atoms with Gasteiger partial charge in [-0.25, -0.2) is 0 Å². The Morgan fingerprint density at radius 3 is 0.529 bits per heavy atom. The SMILES string of the molecule is O=S(=O)(O)O.O=S(=O)(O)O.O=S(=O)(O)O.[Cu].[H-].[H-].[Mg+2]. The molecular weight excluding hydrogens is 376 g/mol. The summed E-state index contributed by atoms with van der Waals surface area (Å²) in [5.41, 5.74) is 0. The van der Waals surface area contributed by atoms with E-state index in [4.69, 9.17) is 52.6 Å². The molecule has 6 N–H and O–H groups in total. The molecule has 0 saturated heterocycles. The van der Waals surface area contributed by atoms with Gasteiger partial charge in [0.2, 0.25) is 0 Å². The molecule has 0 aromatic carbocycles. The fraction of sp³-hybridized carbons (Fsp3) is 0. The zero-order valence-corrected chi connectivity index (χ0v) is 12.2. The number of rotatable bonds is 0. The average molecular weight is 384 g/mol. The number of hydrogen-bond donors (Lipinski definition) is 6. The first kappa shape index (κ1) is 30.7. The van der Waals surface area contributed by atoms with Crippen LogP contribution in [0.3, 0.4) is 0 Å². The van der Waals surface area contributed by atoms with Gasteiger partial charge in [-0.15, -0.1) is 0 Å². The molecular formula is H8CuMgO12S3. The predicted molar refractivity (Wildman–Crippen MR) is 50.5 cm³/mol. The summed E-state index contributed by atoms with van der Waals surface area (Å²) in [6.07, 6.45) is 0. The zero-order chi connectivity index (χ0) is 13.5. The van der Waals surface area contributed by atoms with E-state index < -0.39 is 31.2 Å². The largest absolute Gasteiger partial charge is 2.00 e. The predicted octanol–water partition coefficient (Wildman–Crippen LogP) is -2.12. The minimum absolute atomic E-state index is 0. The Hall–Kier alpha value is 0.896. The Kier molecular flexibility index (Phi) is 21.6. The quantitative estimate of drug-likeness (QED) is 0.195. The maximum absolute atomic E-state index is 8.74. The molecule has 111 valence electrons. The van der Waals surface area contributed by atoms with Crippen molar-refractivity contribution in [3.63, 3.8) is 0 Å². The molecule has 0 saturated carbocycles. The van der Waals surface area contributed by atoms with Gasteiger partial charge >= 0.3 is 54.2 Å².